The van der Waals surface area contributed by atoms with Crippen molar-refractivity contribution in [1.82, 2.24) is 9.97 Å². The second-order valence-corrected chi connectivity index (χ2v) is 8.24. The highest BCUT2D eigenvalue weighted by molar-refractivity contribution is 8.00. The van der Waals surface area contributed by atoms with Crippen molar-refractivity contribution < 1.29 is 9.90 Å². The maximum atomic E-state index is 11.7. The number of thioether (sulfide) groups is 1. The molecule has 130 valence electrons. The zero-order valence-corrected chi connectivity index (χ0v) is 15.9. The van der Waals surface area contributed by atoms with Crippen molar-refractivity contribution in [3.63, 3.8) is 0 Å². The lowest BCUT2D eigenvalue weighted by Crippen LogP contribution is -2.17. The Kier molecular flexibility index (Phi) is 5.71. The molecule has 0 radical (unpaired) electrons. The molecule has 1 N–H and O–H groups in total. The van der Waals surface area contributed by atoms with Crippen LogP contribution in [0.15, 0.2) is 41.7 Å². The number of thiophene rings is 1. The van der Waals surface area contributed by atoms with Crippen molar-refractivity contribution >= 4 is 39.3 Å². The summed E-state index contributed by atoms with van der Waals surface area (Å²) in [5, 5.41) is 10.8. The molecule has 1 atom stereocenters. The van der Waals surface area contributed by atoms with Crippen LogP contribution < -0.4 is 0 Å². The number of carboxylic acid groups (broad SMARTS) is 1. The molecule has 25 heavy (non-hydrogen) atoms. The lowest BCUT2D eigenvalue weighted by atomic mass is 10.1. The Morgan fingerprint density at radius 1 is 1.28 bits per heavy atom. The fourth-order valence-electron chi connectivity index (χ4n) is 2.57. The molecule has 0 aliphatic rings. The van der Waals surface area contributed by atoms with Crippen molar-refractivity contribution in [2.45, 2.75) is 43.4 Å². The predicted octanol–water partition coefficient (Wildman–Crippen LogP) is 4.74. The molecule has 4 nitrogen and oxygen atoms in total. The molecule has 0 saturated heterocycles. The average molecular weight is 373 g/mol. The predicted molar refractivity (Wildman–Crippen MR) is 104 cm³/mol. The van der Waals surface area contributed by atoms with E-state index in [1.165, 1.54) is 28.5 Å². The molecular formula is C19H20N2O2S2. The van der Waals surface area contributed by atoms with E-state index in [9.17, 15) is 9.90 Å². The number of aliphatic carboxylic acids is 1. The van der Waals surface area contributed by atoms with Crippen molar-refractivity contribution in [1.29, 1.82) is 0 Å². The van der Waals surface area contributed by atoms with Crippen LogP contribution >= 0.6 is 23.1 Å². The lowest BCUT2D eigenvalue weighted by molar-refractivity contribution is -0.136. The second-order valence-electron chi connectivity index (χ2n) is 5.93. The van der Waals surface area contributed by atoms with Gasteiger partial charge in [-0.25, -0.2) is 9.97 Å². The van der Waals surface area contributed by atoms with Gasteiger partial charge in [-0.3, -0.25) is 4.79 Å². The van der Waals surface area contributed by atoms with Gasteiger partial charge in [0.2, 0.25) is 0 Å². The van der Waals surface area contributed by atoms with E-state index >= 15 is 0 Å². The van der Waals surface area contributed by atoms with E-state index in [0.717, 1.165) is 33.6 Å². The van der Waals surface area contributed by atoms with E-state index in [2.05, 4.69) is 47.2 Å². The average Bonchev–Trinajstić information content (AvgIpc) is 3.04. The maximum absolute atomic E-state index is 11.7. The van der Waals surface area contributed by atoms with Crippen molar-refractivity contribution in [2.24, 2.45) is 0 Å². The van der Waals surface area contributed by atoms with Gasteiger partial charge in [-0.2, -0.15) is 0 Å². The molecule has 0 aliphatic carbocycles. The van der Waals surface area contributed by atoms with Gasteiger partial charge in [-0.15, -0.1) is 11.3 Å². The Morgan fingerprint density at radius 2 is 2.04 bits per heavy atom. The highest BCUT2D eigenvalue weighted by Gasteiger charge is 2.21. The third-order valence-corrected chi connectivity index (χ3v) is 6.50. The first-order valence-electron chi connectivity index (χ1n) is 8.25. The van der Waals surface area contributed by atoms with Crippen molar-refractivity contribution in [2.75, 3.05) is 0 Å². The molecule has 6 heteroatoms. The van der Waals surface area contributed by atoms with Crippen LogP contribution in [0.5, 0.6) is 0 Å². The van der Waals surface area contributed by atoms with Crippen LogP contribution in [-0.4, -0.2) is 26.3 Å². The molecule has 3 rings (SSSR count). The number of hydrogen-bond donors (Lipinski definition) is 1. The number of nitrogens with zero attached hydrogens (tertiary/aromatic N) is 2. The molecule has 2 aromatic heterocycles. The molecule has 3 aromatic rings. The van der Waals surface area contributed by atoms with Crippen LogP contribution in [0.25, 0.3) is 10.2 Å². The zero-order chi connectivity index (χ0) is 17.8. The Morgan fingerprint density at radius 3 is 2.72 bits per heavy atom. The molecule has 2 heterocycles. The van der Waals surface area contributed by atoms with E-state index in [0.29, 0.717) is 6.42 Å². The molecule has 0 saturated carbocycles. The minimum Gasteiger partial charge on any atom is -0.480 e. The third-order valence-electron chi connectivity index (χ3n) is 4.04. The number of rotatable bonds is 7. The van der Waals surface area contributed by atoms with Gasteiger partial charge in [0, 0.05) is 10.3 Å². The molecule has 1 aromatic carbocycles. The fraction of sp³-hybridized carbons (Fsp3) is 0.316. The number of benzene rings is 1. The van der Waals surface area contributed by atoms with Gasteiger partial charge in [0.05, 0.1) is 0 Å². The molecule has 0 spiro atoms. The van der Waals surface area contributed by atoms with Gasteiger partial charge < -0.3 is 5.11 Å². The van der Waals surface area contributed by atoms with Gasteiger partial charge in [0.25, 0.3) is 0 Å². The van der Waals surface area contributed by atoms with E-state index < -0.39 is 11.2 Å². The lowest BCUT2D eigenvalue weighted by Gasteiger charge is -2.12. The van der Waals surface area contributed by atoms with Crippen LogP contribution in [0.1, 0.15) is 29.3 Å². The standard InChI is InChI=1S/C19H20N2O2S2/c1-3-14-10-15-17(24-14)20-11-21-18(15)25-16(19(22)23)9-8-13-6-4-12(2)5-7-13/h4-7,10-11,16H,3,8-9H2,1-2H3,(H,22,23). The summed E-state index contributed by atoms with van der Waals surface area (Å²) in [4.78, 5) is 22.5. The van der Waals surface area contributed by atoms with Crippen LogP contribution in [-0.2, 0) is 17.6 Å². The number of aryl methyl sites for hydroxylation is 3. The second kappa shape index (κ2) is 7.97. The van der Waals surface area contributed by atoms with Gasteiger partial charge >= 0.3 is 5.97 Å². The van der Waals surface area contributed by atoms with Gasteiger partial charge in [0.15, 0.2) is 0 Å². The number of hydrogen-bond acceptors (Lipinski definition) is 5. The third kappa shape index (κ3) is 4.38. The number of aromatic nitrogens is 2. The largest absolute Gasteiger partial charge is 0.480 e. The Hall–Kier alpha value is -1.92. The Labute approximate surface area is 155 Å². The topological polar surface area (TPSA) is 63.1 Å². The van der Waals surface area contributed by atoms with Crippen molar-refractivity contribution in [3.05, 3.63) is 52.7 Å². The van der Waals surface area contributed by atoms with Crippen LogP contribution in [0.2, 0.25) is 0 Å². The monoisotopic (exact) mass is 372 g/mol. The first-order valence-corrected chi connectivity index (χ1v) is 9.95. The summed E-state index contributed by atoms with van der Waals surface area (Å²) in [6.07, 6.45) is 3.78. The van der Waals surface area contributed by atoms with Crippen LogP contribution in [0.3, 0.4) is 0 Å². The number of fused-ring (bicyclic) bond motifs is 1. The summed E-state index contributed by atoms with van der Waals surface area (Å²) in [6.45, 7) is 4.15. The highest BCUT2D eigenvalue weighted by atomic mass is 32.2. The van der Waals surface area contributed by atoms with Gasteiger partial charge in [0.1, 0.15) is 21.4 Å². The summed E-state index contributed by atoms with van der Waals surface area (Å²) >= 11 is 2.98. The smallest absolute Gasteiger partial charge is 0.317 e. The summed E-state index contributed by atoms with van der Waals surface area (Å²) in [7, 11) is 0. The summed E-state index contributed by atoms with van der Waals surface area (Å²) < 4.78 is 0. The van der Waals surface area contributed by atoms with Crippen LogP contribution in [0, 0.1) is 6.92 Å². The molecule has 0 fully saturated rings. The molecule has 0 amide bonds. The number of carboxylic acids is 1. The summed E-state index contributed by atoms with van der Waals surface area (Å²) in [5.74, 6) is -0.796. The molecular weight excluding hydrogens is 352 g/mol. The zero-order valence-electron chi connectivity index (χ0n) is 14.2. The van der Waals surface area contributed by atoms with Crippen molar-refractivity contribution in [3.8, 4) is 0 Å². The molecule has 1 unspecified atom stereocenters. The quantitative estimate of drug-likeness (QED) is 0.479. The Bertz CT molecular complexity index is 875. The minimum atomic E-state index is -0.796. The van der Waals surface area contributed by atoms with E-state index in [4.69, 9.17) is 0 Å². The highest BCUT2D eigenvalue weighted by Crippen LogP contribution is 2.34. The first kappa shape index (κ1) is 17.9. The van der Waals surface area contributed by atoms with Gasteiger partial charge in [-0.05, 0) is 37.8 Å². The van der Waals surface area contributed by atoms with E-state index in [1.54, 1.807) is 11.3 Å². The van der Waals surface area contributed by atoms with Gasteiger partial charge in [-0.1, -0.05) is 48.5 Å². The molecule has 0 bridgehead atoms. The summed E-state index contributed by atoms with van der Waals surface area (Å²) in [5.41, 5.74) is 2.37. The minimum absolute atomic E-state index is 0.524. The van der Waals surface area contributed by atoms with Crippen LogP contribution in [0.4, 0.5) is 0 Å². The SMILES string of the molecule is CCc1cc2c(SC(CCc3ccc(C)cc3)C(=O)O)ncnc2s1. The van der Waals surface area contributed by atoms with E-state index in [1.807, 2.05) is 6.92 Å². The first-order chi connectivity index (χ1) is 12.1. The fourth-order valence-corrected chi connectivity index (χ4v) is 4.57. The van der Waals surface area contributed by atoms with E-state index in [-0.39, 0.29) is 0 Å². The maximum Gasteiger partial charge on any atom is 0.317 e. The number of carbonyl (C=O) groups is 1. The summed E-state index contributed by atoms with van der Waals surface area (Å²) in [6, 6.07) is 10.3. The normalized spacial score (nSPS) is 12.4. The molecule has 0 aliphatic heterocycles. The Balaban J connectivity index is 1.76.